The van der Waals surface area contributed by atoms with E-state index < -0.39 is 6.29 Å². The van der Waals surface area contributed by atoms with Gasteiger partial charge in [0.25, 0.3) is 0 Å². The molecule has 2 N–H and O–H groups in total. The van der Waals surface area contributed by atoms with Gasteiger partial charge in [-0.05, 0) is 33.6 Å². The van der Waals surface area contributed by atoms with Crippen LogP contribution in [0, 0.1) is 5.41 Å². The quantitative estimate of drug-likeness (QED) is 0.561. The van der Waals surface area contributed by atoms with Crippen LogP contribution >= 0.6 is 0 Å². The van der Waals surface area contributed by atoms with Gasteiger partial charge in [0.2, 0.25) is 0 Å². The molecular weight excluding hydrogens is 196 g/mol. The molecule has 4 nitrogen and oxygen atoms in total. The molecule has 0 heterocycles. The van der Waals surface area contributed by atoms with Crippen molar-refractivity contribution in [2.24, 2.45) is 5.41 Å². The van der Waals surface area contributed by atoms with Crippen LogP contribution in [0.4, 0.5) is 0 Å². The Morgan fingerprint density at radius 1 is 1.33 bits per heavy atom. The monoisotopic (exact) mass is 220 g/mol. The molecule has 92 valence electrons. The van der Waals surface area contributed by atoms with Gasteiger partial charge in [-0.15, -0.1) is 0 Å². The number of esters is 1. The maximum atomic E-state index is 10.6. The first kappa shape index (κ1) is 16.8. The van der Waals surface area contributed by atoms with E-state index in [4.69, 9.17) is 10.2 Å². The van der Waals surface area contributed by atoms with Crippen LogP contribution in [0.25, 0.3) is 0 Å². The van der Waals surface area contributed by atoms with Gasteiger partial charge in [0, 0.05) is 0 Å². The van der Waals surface area contributed by atoms with E-state index in [1.165, 1.54) is 7.11 Å². The number of carbonyl (C=O) groups is 1. The molecule has 0 amide bonds. The number of rotatable bonds is 3. The Labute approximate surface area is 92.3 Å². The van der Waals surface area contributed by atoms with Crippen molar-refractivity contribution in [1.82, 2.24) is 0 Å². The van der Waals surface area contributed by atoms with Gasteiger partial charge in [-0.2, -0.15) is 0 Å². The molecule has 0 radical (unpaired) electrons. The van der Waals surface area contributed by atoms with Crippen LogP contribution in [0.5, 0.6) is 0 Å². The maximum absolute atomic E-state index is 10.6. The standard InChI is InChI=1S/C6H12O2.C5H12O2/c1-6(2,3)5(7)8-4;1-2-3-4-5(6)7/h1-4H3;5-7H,2-4H2,1H3. The molecule has 0 aliphatic carbocycles. The topological polar surface area (TPSA) is 66.8 Å². The third-order valence-corrected chi connectivity index (χ3v) is 1.61. The van der Waals surface area contributed by atoms with Crippen molar-refractivity contribution in [3.8, 4) is 0 Å². The second-order valence-electron chi connectivity index (χ2n) is 4.36. The van der Waals surface area contributed by atoms with Gasteiger partial charge < -0.3 is 14.9 Å². The molecule has 15 heavy (non-hydrogen) atoms. The SMILES string of the molecule is CCCCC(O)O.COC(=O)C(C)(C)C. The van der Waals surface area contributed by atoms with Gasteiger partial charge in [-0.1, -0.05) is 13.3 Å². The molecule has 0 saturated carbocycles. The van der Waals surface area contributed by atoms with Gasteiger partial charge in [0.05, 0.1) is 12.5 Å². The summed E-state index contributed by atoms with van der Waals surface area (Å²) in [6.45, 7) is 7.47. The normalized spacial score (nSPS) is 10.7. The summed E-state index contributed by atoms with van der Waals surface area (Å²) in [5.74, 6) is -0.169. The highest BCUT2D eigenvalue weighted by Crippen LogP contribution is 2.13. The number of aliphatic hydroxyl groups is 2. The molecule has 0 fully saturated rings. The van der Waals surface area contributed by atoms with Crippen molar-refractivity contribution in [1.29, 1.82) is 0 Å². The molecule has 0 bridgehead atoms. The summed E-state index contributed by atoms with van der Waals surface area (Å²) in [6, 6.07) is 0. The number of unbranched alkanes of at least 4 members (excludes halogenated alkanes) is 1. The zero-order valence-electron chi connectivity index (χ0n) is 10.4. The van der Waals surface area contributed by atoms with E-state index in [1.807, 2.05) is 27.7 Å². The van der Waals surface area contributed by atoms with Crippen LogP contribution in [-0.2, 0) is 9.53 Å². The average molecular weight is 220 g/mol. The van der Waals surface area contributed by atoms with Gasteiger partial charge in [-0.3, -0.25) is 4.79 Å². The van der Waals surface area contributed by atoms with Gasteiger partial charge in [0.1, 0.15) is 0 Å². The van der Waals surface area contributed by atoms with Gasteiger partial charge in [0.15, 0.2) is 6.29 Å². The summed E-state index contributed by atoms with van der Waals surface area (Å²) in [6.07, 6.45) is 1.34. The van der Waals surface area contributed by atoms with Crippen LogP contribution < -0.4 is 0 Å². The minimum absolute atomic E-state index is 0.169. The molecule has 0 aromatic rings. The predicted molar refractivity (Wildman–Crippen MR) is 59.2 cm³/mol. The fraction of sp³-hybridized carbons (Fsp3) is 0.909. The van der Waals surface area contributed by atoms with Crippen molar-refractivity contribution in [2.45, 2.75) is 53.2 Å². The predicted octanol–water partition coefficient (Wildman–Crippen LogP) is 1.69. The van der Waals surface area contributed by atoms with Crippen LogP contribution in [0.3, 0.4) is 0 Å². The van der Waals surface area contributed by atoms with Crippen molar-refractivity contribution in [2.75, 3.05) is 7.11 Å². The summed E-state index contributed by atoms with van der Waals surface area (Å²) >= 11 is 0. The first-order chi connectivity index (χ1) is 6.75. The Kier molecular flexibility index (Phi) is 9.72. The minimum Gasteiger partial charge on any atom is -0.469 e. The largest absolute Gasteiger partial charge is 0.469 e. The highest BCUT2D eigenvalue weighted by molar-refractivity contribution is 5.75. The fourth-order valence-electron chi connectivity index (χ4n) is 0.693. The molecular formula is C11H24O4. The van der Waals surface area contributed by atoms with Crippen LogP contribution in [0.15, 0.2) is 0 Å². The zero-order valence-corrected chi connectivity index (χ0v) is 10.4. The molecule has 0 aromatic carbocycles. The van der Waals surface area contributed by atoms with Gasteiger partial charge in [-0.25, -0.2) is 0 Å². The van der Waals surface area contributed by atoms with E-state index in [9.17, 15) is 4.79 Å². The van der Waals surface area contributed by atoms with Gasteiger partial charge >= 0.3 is 5.97 Å². The second kappa shape index (κ2) is 8.68. The lowest BCUT2D eigenvalue weighted by molar-refractivity contribution is -0.149. The van der Waals surface area contributed by atoms with Crippen molar-refractivity contribution in [3.05, 3.63) is 0 Å². The summed E-state index contributed by atoms with van der Waals surface area (Å²) < 4.78 is 4.48. The fourth-order valence-corrected chi connectivity index (χ4v) is 0.693. The minimum atomic E-state index is -1.10. The van der Waals surface area contributed by atoms with E-state index >= 15 is 0 Å². The van der Waals surface area contributed by atoms with E-state index in [0.29, 0.717) is 6.42 Å². The highest BCUT2D eigenvalue weighted by Gasteiger charge is 2.21. The van der Waals surface area contributed by atoms with E-state index in [0.717, 1.165) is 12.8 Å². The second-order valence-corrected chi connectivity index (χ2v) is 4.36. The van der Waals surface area contributed by atoms with E-state index in [1.54, 1.807) is 0 Å². The number of hydrogen-bond donors (Lipinski definition) is 2. The lowest BCUT2D eigenvalue weighted by atomic mass is 9.98. The molecule has 0 saturated heterocycles. The highest BCUT2D eigenvalue weighted by atomic mass is 16.5. The average Bonchev–Trinajstić information content (AvgIpc) is 2.12. The first-order valence-corrected chi connectivity index (χ1v) is 5.20. The first-order valence-electron chi connectivity index (χ1n) is 5.20. The smallest absolute Gasteiger partial charge is 0.310 e. The number of ether oxygens (including phenoxy) is 1. The third kappa shape index (κ3) is 13.4. The Bertz CT molecular complexity index is 158. The number of carbonyl (C=O) groups excluding carboxylic acids is 1. The van der Waals surface area contributed by atoms with Crippen molar-refractivity contribution < 1.29 is 19.7 Å². The zero-order chi connectivity index (χ0) is 12.5. The maximum Gasteiger partial charge on any atom is 0.310 e. The lowest BCUT2D eigenvalue weighted by Gasteiger charge is -2.13. The molecule has 0 aliphatic rings. The summed E-state index contributed by atoms with van der Waals surface area (Å²) in [4.78, 5) is 10.6. The van der Waals surface area contributed by atoms with Crippen LogP contribution in [0.1, 0.15) is 47.0 Å². The molecule has 4 heteroatoms. The molecule has 0 aromatic heterocycles. The molecule has 0 rings (SSSR count). The molecule has 0 unspecified atom stereocenters. The number of methoxy groups -OCH3 is 1. The lowest BCUT2D eigenvalue weighted by Crippen LogP contribution is -2.21. The summed E-state index contributed by atoms with van der Waals surface area (Å²) in [5.41, 5.74) is -0.352. The molecule has 0 aliphatic heterocycles. The van der Waals surface area contributed by atoms with Crippen LogP contribution in [0.2, 0.25) is 0 Å². The van der Waals surface area contributed by atoms with Crippen molar-refractivity contribution >= 4 is 5.97 Å². The Balaban J connectivity index is 0. The Morgan fingerprint density at radius 3 is 1.87 bits per heavy atom. The summed E-state index contributed by atoms with van der Waals surface area (Å²) in [5, 5.41) is 16.5. The summed E-state index contributed by atoms with van der Waals surface area (Å²) in [7, 11) is 1.40. The Hall–Kier alpha value is -0.610. The van der Waals surface area contributed by atoms with Crippen LogP contribution in [-0.4, -0.2) is 29.6 Å². The molecule has 0 atom stereocenters. The van der Waals surface area contributed by atoms with Crippen molar-refractivity contribution in [3.63, 3.8) is 0 Å². The number of aliphatic hydroxyl groups excluding tert-OH is 1. The Morgan fingerprint density at radius 2 is 1.80 bits per heavy atom. The molecule has 0 spiro atoms. The number of hydrogen-bond acceptors (Lipinski definition) is 4. The van der Waals surface area contributed by atoms with E-state index in [-0.39, 0.29) is 11.4 Å². The van der Waals surface area contributed by atoms with E-state index in [2.05, 4.69) is 4.74 Å². The third-order valence-electron chi connectivity index (χ3n) is 1.61.